The first-order chi connectivity index (χ1) is 8.74. The summed E-state index contributed by atoms with van der Waals surface area (Å²) in [5.41, 5.74) is 0. The Bertz CT molecular complexity index is 172. The highest BCUT2D eigenvalue weighted by Crippen LogP contribution is 2.14. The second-order valence-electron chi connectivity index (χ2n) is 4.25. The van der Waals surface area contributed by atoms with Crippen molar-refractivity contribution in [2.75, 3.05) is 47.5 Å². The quantitative estimate of drug-likeness (QED) is 0.392. The Morgan fingerprint density at radius 3 is 1.72 bits per heavy atom. The summed E-state index contributed by atoms with van der Waals surface area (Å²) in [5, 5.41) is 6.80. The molecule has 0 radical (unpaired) electrons. The second kappa shape index (κ2) is 12.1. The van der Waals surface area contributed by atoms with Crippen molar-refractivity contribution in [1.29, 1.82) is 0 Å². The van der Waals surface area contributed by atoms with Gasteiger partial charge in [-0.1, -0.05) is 13.3 Å². The molecular weight excluding hydrogens is 248 g/mol. The number of hydrogen-bond donors (Lipinski definition) is 2. The third-order valence-corrected chi connectivity index (χ3v) is 5.79. The van der Waals surface area contributed by atoms with E-state index in [1.165, 1.54) is 12.8 Å². The van der Waals surface area contributed by atoms with Crippen LogP contribution >= 0.6 is 0 Å². The normalized spacial score (nSPS) is 12.0. The van der Waals surface area contributed by atoms with Crippen LogP contribution in [0, 0.1) is 0 Å². The molecule has 0 heterocycles. The maximum atomic E-state index is 5.36. The molecule has 0 unspecified atom stereocenters. The highest BCUT2D eigenvalue weighted by molar-refractivity contribution is 6.60. The standard InChI is InChI=1S/C12H30N2O3Si/c1-5-6-8-13-10-11-14-9-7-12-18(15-2,16-3)17-4/h13-14H,5-12H2,1-4H3. The molecule has 0 aliphatic rings. The lowest BCUT2D eigenvalue weighted by Gasteiger charge is -2.24. The van der Waals surface area contributed by atoms with Crippen LogP contribution in [0.4, 0.5) is 0 Å². The SMILES string of the molecule is CCCCNCCNCCC[Si](OC)(OC)OC. The predicted molar refractivity (Wildman–Crippen MR) is 76.9 cm³/mol. The van der Waals surface area contributed by atoms with Crippen LogP contribution in [0.1, 0.15) is 26.2 Å². The van der Waals surface area contributed by atoms with Crippen LogP contribution in [-0.2, 0) is 13.3 Å². The molecule has 0 saturated heterocycles. The van der Waals surface area contributed by atoms with Crippen molar-refractivity contribution in [3.05, 3.63) is 0 Å². The molecular formula is C12H30N2O3Si. The molecule has 0 aliphatic heterocycles. The molecule has 110 valence electrons. The van der Waals surface area contributed by atoms with Gasteiger partial charge in [-0.3, -0.25) is 0 Å². The topological polar surface area (TPSA) is 51.8 Å². The molecule has 0 atom stereocenters. The Morgan fingerprint density at radius 1 is 0.778 bits per heavy atom. The minimum Gasteiger partial charge on any atom is -0.377 e. The Morgan fingerprint density at radius 2 is 1.28 bits per heavy atom. The van der Waals surface area contributed by atoms with Crippen molar-refractivity contribution in [2.24, 2.45) is 0 Å². The van der Waals surface area contributed by atoms with E-state index >= 15 is 0 Å². The molecule has 0 spiro atoms. The average Bonchev–Trinajstić information content (AvgIpc) is 2.42. The van der Waals surface area contributed by atoms with Crippen LogP contribution in [0.3, 0.4) is 0 Å². The molecule has 0 rings (SSSR count). The molecule has 0 saturated carbocycles. The van der Waals surface area contributed by atoms with E-state index < -0.39 is 8.80 Å². The van der Waals surface area contributed by atoms with Crippen LogP contribution in [0.25, 0.3) is 0 Å². The minimum atomic E-state index is -2.36. The number of hydrogen-bond acceptors (Lipinski definition) is 5. The molecule has 0 bridgehead atoms. The van der Waals surface area contributed by atoms with Gasteiger partial charge in [0.1, 0.15) is 0 Å². The fourth-order valence-corrected chi connectivity index (χ4v) is 3.44. The lowest BCUT2D eigenvalue weighted by molar-refractivity contribution is 0.123. The van der Waals surface area contributed by atoms with Gasteiger partial charge in [0.2, 0.25) is 0 Å². The van der Waals surface area contributed by atoms with E-state index in [4.69, 9.17) is 13.3 Å². The zero-order valence-electron chi connectivity index (χ0n) is 12.4. The molecule has 0 amide bonds. The summed E-state index contributed by atoms with van der Waals surface area (Å²) < 4.78 is 16.1. The molecule has 0 aromatic heterocycles. The first kappa shape index (κ1) is 18.0. The molecule has 2 N–H and O–H groups in total. The fraction of sp³-hybridized carbons (Fsp3) is 1.00. The Balaban J connectivity index is 3.38. The zero-order valence-corrected chi connectivity index (χ0v) is 13.4. The smallest absolute Gasteiger partial charge is 0.377 e. The van der Waals surface area contributed by atoms with E-state index in [0.29, 0.717) is 0 Å². The lowest BCUT2D eigenvalue weighted by Crippen LogP contribution is -2.43. The van der Waals surface area contributed by atoms with E-state index in [-0.39, 0.29) is 0 Å². The zero-order chi connectivity index (χ0) is 13.7. The van der Waals surface area contributed by atoms with Gasteiger partial charge in [0.15, 0.2) is 0 Å². The van der Waals surface area contributed by atoms with Gasteiger partial charge in [0.05, 0.1) is 0 Å². The Labute approximate surface area is 113 Å². The van der Waals surface area contributed by atoms with E-state index in [1.54, 1.807) is 21.3 Å². The summed E-state index contributed by atoms with van der Waals surface area (Å²) in [6, 6.07) is 0.854. The molecule has 5 nitrogen and oxygen atoms in total. The van der Waals surface area contributed by atoms with Gasteiger partial charge in [-0.25, -0.2) is 0 Å². The molecule has 6 heteroatoms. The summed E-state index contributed by atoms with van der Waals surface area (Å²) in [7, 11) is 2.61. The van der Waals surface area contributed by atoms with Crippen molar-refractivity contribution in [2.45, 2.75) is 32.2 Å². The summed E-state index contributed by atoms with van der Waals surface area (Å²) in [6.45, 7) is 6.33. The summed E-state index contributed by atoms with van der Waals surface area (Å²) in [6.07, 6.45) is 3.51. The van der Waals surface area contributed by atoms with Crippen LogP contribution in [0.5, 0.6) is 0 Å². The van der Waals surface area contributed by atoms with Crippen LogP contribution in [-0.4, -0.2) is 56.3 Å². The highest BCUT2D eigenvalue weighted by atomic mass is 28.4. The van der Waals surface area contributed by atoms with Gasteiger partial charge >= 0.3 is 8.80 Å². The lowest BCUT2D eigenvalue weighted by atomic mass is 10.3. The van der Waals surface area contributed by atoms with E-state index in [1.807, 2.05) is 0 Å². The van der Waals surface area contributed by atoms with Crippen molar-refractivity contribution in [3.63, 3.8) is 0 Å². The second-order valence-corrected chi connectivity index (χ2v) is 7.34. The van der Waals surface area contributed by atoms with Crippen LogP contribution in [0.2, 0.25) is 6.04 Å². The number of nitrogens with one attached hydrogen (secondary N) is 2. The van der Waals surface area contributed by atoms with Crippen molar-refractivity contribution in [1.82, 2.24) is 10.6 Å². The molecule has 18 heavy (non-hydrogen) atoms. The summed E-state index contributed by atoms with van der Waals surface area (Å²) in [5.74, 6) is 0. The van der Waals surface area contributed by atoms with Crippen molar-refractivity contribution in [3.8, 4) is 0 Å². The molecule has 0 fully saturated rings. The Hall–Kier alpha value is 0.0169. The summed E-state index contributed by atoms with van der Waals surface area (Å²) in [4.78, 5) is 0. The van der Waals surface area contributed by atoms with Crippen molar-refractivity contribution >= 4 is 8.80 Å². The first-order valence-corrected chi connectivity index (χ1v) is 8.74. The predicted octanol–water partition coefficient (Wildman–Crippen LogP) is 1.23. The van der Waals surface area contributed by atoms with Gasteiger partial charge in [-0.2, -0.15) is 0 Å². The average molecular weight is 278 g/mol. The fourth-order valence-electron chi connectivity index (χ4n) is 1.71. The Kier molecular flexibility index (Phi) is 12.1. The van der Waals surface area contributed by atoms with Gasteiger partial charge in [0.25, 0.3) is 0 Å². The first-order valence-electron chi connectivity index (χ1n) is 6.81. The maximum absolute atomic E-state index is 5.36. The third-order valence-electron chi connectivity index (χ3n) is 2.96. The third kappa shape index (κ3) is 8.18. The van der Waals surface area contributed by atoms with Gasteiger partial charge in [-0.05, 0) is 25.9 Å². The molecule has 0 aliphatic carbocycles. The van der Waals surface area contributed by atoms with Gasteiger partial charge in [0, 0.05) is 40.5 Å². The van der Waals surface area contributed by atoms with Gasteiger partial charge in [-0.15, -0.1) is 0 Å². The van der Waals surface area contributed by atoms with Crippen LogP contribution in [0.15, 0.2) is 0 Å². The molecule has 0 aromatic carbocycles. The van der Waals surface area contributed by atoms with Crippen molar-refractivity contribution < 1.29 is 13.3 Å². The highest BCUT2D eigenvalue weighted by Gasteiger charge is 2.36. The number of rotatable bonds is 13. The van der Waals surface area contributed by atoms with E-state index in [0.717, 1.165) is 38.6 Å². The largest absolute Gasteiger partial charge is 0.500 e. The molecule has 0 aromatic rings. The van der Waals surface area contributed by atoms with Gasteiger partial charge < -0.3 is 23.9 Å². The maximum Gasteiger partial charge on any atom is 0.500 e. The monoisotopic (exact) mass is 278 g/mol. The summed E-state index contributed by atoms with van der Waals surface area (Å²) >= 11 is 0. The van der Waals surface area contributed by atoms with E-state index in [9.17, 15) is 0 Å². The number of unbranched alkanes of at least 4 members (excludes halogenated alkanes) is 1. The minimum absolute atomic E-state index is 0.854. The van der Waals surface area contributed by atoms with Crippen LogP contribution < -0.4 is 10.6 Å². The van der Waals surface area contributed by atoms with E-state index in [2.05, 4.69) is 17.6 Å².